The van der Waals surface area contributed by atoms with E-state index in [1.807, 2.05) is 0 Å². The summed E-state index contributed by atoms with van der Waals surface area (Å²) in [4.78, 5) is 2.48. The number of fused-ring (bicyclic) bond motifs is 1. The van der Waals surface area contributed by atoms with Crippen LogP contribution in [0.5, 0.6) is 0 Å². The van der Waals surface area contributed by atoms with Crippen LogP contribution in [0, 0.1) is 5.92 Å². The van der Waals surface area contributed by atoms with Crippen LogP contribution in [0.1, 0.15) is 30.4 Å². The fourth-order valence-electron chi connectivity index (χ4n) is 2.95. The molecule has 17 heavy (non-hydrogen) atoms. The maximum absolute atomic E-state index is 3.42. The van der Waals surface area contributed by atoms with Gasteiger partial charge in [0.05, 0.1) is 0 Å². The zero-order valence-electron chi connectivity index (χ0n) is 10.7. The van der Waals surface area contributed by atoms with E-state index in [-0.39, 0.29) is 0 Å². The summed E-state index contributed by atoms with van der Waals surface area (Å²) >= 11 is 0. The third-order valence-corrected chi connectivity index (χ3v) is 4.13. The van der Waals surface area contributed by atoms with E-state index in [0.29, 0.717) is 0 Å². The molecule has 1 aliphatic heterocycles. The molecular formula is C15H22N2. The summed E-state index contributed by atoms with van der Waals surface area (Å²) in [5.41, 5.74) is 4.31. The van der Waals surface area contributed by atoms with Crippen LogP contribution in [0.25, 0.3) is 0 Å². The van der Waals surface area contributed by atoms with Gasteiger partial charge in [0.15, 0.2) is 0 Å². The summed E-state index contributed by atoms with van der Waals surface area (Å²) in [5, 5.41) is 3.42. The van der Waals surface area contributed by atoms with Crippen LogP contribution in [0.15, 0.2) is 18.2 Å². The lowest BCUT2D eigenvalue weighted by molar-refractivity contribution is 0.200. The molecule has 0 radical (unpaired) electrons. The molecule has 0 amide bonds. The fraction of sp³-hybridized carbons (Fsp3) is 0.600. The van der Waals surface area contributed by atoms with Gasteiger partial charge in [-0.05, 0) is 49.4 Å². The van der Waals surface area contributed by atoms with Crippen molar-refractivity contribution in [2.45, 2.75) is 32.2 Å². The predicted octanol–water partition coefficient (Wildman–Crippen LogP) is 2.89. The summed E-state index contributed by atoms with van der Waals surface area (Å²) < 4.78 is 0. The lowest BCUT2D eigenvalue weighted by Crippen LogP contribution is -2.29. The van der Waals surface area contributed by atoms with Gasteiger partial charge in [-0.3, -0.25) is 0 Å². The van der Waals surface area contributed by atoms with E-state index >= 15 is 0 Å². The molecule has 2 heteroatoms. The number of hydrogen-bond donors (Lipinski definition) is 1. The van der Waals surface area contributed by atoms with Crippen molar-refractivity contribution in [3.8, 4) is 0 Å². The van der Waals surface area contributed by atoms with Crippen molar-refractivity contribution in [2.24, 2.45) is 5.92 Å². The van der Waals surface area contributed by atoms with Gasteiger partial charge in [0, 0.05) is 25.3 Å². The highest BCUT2D eigenvalue weighted by Crippen LogP contribution is 2.28. The fourth-order valence-corrected chi connectivity index (χ4v) is 2.95. The quantitative estimate of drug-likeness (QED) is 0.855. The molecule has 0 aromatic heterocycles. The van der Waals surface area contributed by atoms with E-state index in [1.165, 1.54) is 49.0 Å². The van der Waals surface area contributed by atoms with Gasteiger partial charge in [0.1, 0.15) is 0 Å². The SMILES string of the molecule is CN(Cc1ccc2c(c1)CCN2)CC1CCC1. The molecular weight excluding hydrogens is 208 g/mol. The summed E-state index contributed by atoms with van der Waals surface area (Å²) in [6, 6.07) is 6.90. The lowest BCUT2D eigenvalue weighted by atomic mass is 9.85. The molecule has 0 saturated heterocycles. The summed E-state index contributed by atoms with van der Waals surface area (Å²) in [5.74, 6) is 0.969. The number of rotatable bonds is 4. The van der Waals surface area contributed by atoms with Gasteiger partial charge >= 0.3 is 0 Å². The third kappa shape index (κ3) is 2.47. The largest absolute Gasteiger partial charge is 0.384 e. The topological polar surface area (TPSA) is 15.3 Å². The highest BCUT2D eigenvalue weighted by molar-refractivity contribution is 5.56. The maximum atomic E-state index is 3.42. The zero-order valence-corrected chi connectivity index (χ0v) is 10.7. The second-order valence-corrected chi connectivity index (χ2v) is 5.66. The number of anilines is 1. The molecule has 1 aromatic carbocycles. The second-order valence-electron chi connectivity index (χ2n) is 5.66. The van der Waals surface area contributed by atoms with Crippen molar-refractivity contribution in [1.82, 2.24) is 4.90 Å². The molecule has 2 aliphatic rings. The second kappa shape index (κ2) is 4.69. The minimum Gasteiger partial charge on any atom is -0.384 e. The van der Waals surface area contributed by atoms with Crippen LogP contribution >= 0.6 is 0 Å². The van der Waals surface area contributed by atoms with Gasteiger partial charge in [-0.15, -0.1) is 0 Å². The highest BCUT2D eigenvalue weighted by atomic mass is 15.1. The van der Waals surface area contributed by atoms with Crippen molar-refractivity contribution in [3.05, 3.63) is 29.3 Å². The first-order valence-electron chi connectivity index (χ1n) is 6.85. The Morgan fingerprint density at radius 3 is 3.00 bits per heavy atom. The summed E-state index contributed by atoms with van der Waals surface area (Å²) in [7, 11) is 2.25. The molecule has 0 bridgehead atoms. The molecule has 1 aliphatic carbocycles. The highest BCUT2D eigenvalue weighted by Gasteiger charge is 2.19. The van der Waals surface area contributed by atoms with Gasteiger partial charge in [0.25, 0.3) is 0 Å². The number of hydrogen-bond acceptors (Lipinski definition) is 2. The first kappa shape index (κ1) is 11.1. The summed E-state index contributed by atoms with van der Waals surface area (Å²) in [6.07, 6.45) is 5.52. The third-order valence-electron chi connectivity index (χ3n) is 4.13. The van der Waals surface area contributed by atoms with Crippen LogP contribution in [-0.4, -0.2) is 25.0 Å². The van der Waals surface area contributed by atoms with Crippen molar-refractivity contribution >= 4 is 5.69 Å². The van der Waals surface area contributed by atoms with E-state index in [4.69, 9.17) is 0 Å². The average Bonchev–Trinajstić information content (AvgIpc) is 2.71. The molecule has 1 fully saturated rings. The molecule has 0 spiro atoms. The molecule has 3 rings (SSSR count). The predicted molar refractivity (Wildman–Crippen MR) is 72.3 cm³/mol. The van der Waals surface area contributed by atoms with E-state index in [9.17, 15) is 0 Å². The minimum atomic E-state index is 0.969. The monoisotopic (exact) mass is 230 g/mol. The lowest BCUT2D eigenvalue weighted by Gasteiger charge is -2.30. The van der Waals surface area contributed by atoms with E-state index < -0.39 is 0 Å². The normalized spacial score (nSPS) is 18.9. The van der Waals surface area contributed by atoms with Crippen LogP contribution in [0.4, 0.5) is 5.69 Å². The molecule has 0 atom stereocenters. The Morgan fingerprint density at radius 1 is 1.35 bits per heavy atom. The first-order chi connectivity index (χ1) is 8.31. The van der Waals surface area contributed by atoms with Crippen molar-refractivity contribution < 1.29 is 0 Å². The van der Waals surface area contributed by atoms with Gasteiger partial charge in [-0.1, -0.05) is 18.6 Å². The Hall–Kier alpha value is -1.02. The van der Waals surface area contributed by atoms with E-state index in [0.717, 1.165) is 19.0 Å². The van der Waals surface area contributed by atoms with Crippen molar-refractivity contribution in [2.75, 3.05) is 25.5 Å². The van der Waals surface area contributed by atoms with Gasteiger partial charge in [0.2, 0.25) is 0 Å². The Kier molecular flexibility index (Phi) is 3.06. The average molecular weight is 230 g/mol. The minimum absolute atomic E-state index is 0.969. The zero-order chi connectivity index (χ0) is 11.7. The smallest absolute Gasteiger partial charge is 0.0373 e. The van der Waals surface area contributed by atoms with Crippen LogP contribution < -0.4 is 5.32 Å². The van der Waals surface area contributed by atoms with Gasteiger partial charge < -0.3 is 10.2 Å². The molecule has 1 N–H and O–H groups in total. The van der Waals surface area contributed by atoms with Crippen LogP contribution in [-0.2, 0) is 13.0 Å². The Bertz CT molecular complexity index is 396. The first-order valence-corrected chi connectivity index (χ1v) is 6.85. The van der Waals surface area contributed by atoms with E-state index in [2.05, 4.69) is 35.5 Å². The Morgan fingerprint density at radius 2 is 2.24 bits per heavy atom. The van der Waals surface area contributed by atoms with Crippen molar-refractivity contribution in [3.63, 3.8) is 0 Å². The molecule has 2 nitrogen and oxygen atoms in total. The van der Waals surface area contributed by atoms with Gasteiger partial charge in [-0.2, -0.15) is 0 Å². The molecule has 0 unspecified atom stereocenters. The van der Waals surface area contributed by atoms with E-state index in [1.54, 1.807) is 0 Å². The molecule has 92 valence electrons. The van der Waals surface area contributed by atoms with Gasteiger partial charge in [-0.25, -0.2) is 0 Å². The summed E-state index contributed by atoms with van der Waals surface area (Å²) in [6.45, 7) is 3.48. The molecule has 1 heterocycles. The number of nitrogens with zero attached hydrogens (tertiary/aromatic N) is 1. The molecule has 1 aromatic rings. The number of nitrogens with one attached hydrogen (secondary N) is 1. The Balaban J connectivity index is 1.60. The maximum Gasteiger partial charge on any atom is 0.0373 e. The Labute approximate surface area is 104 Å². The standard InChI is InChI=1S/C15H22N2/c1-17(10-12-3-2-4-12)11-13-5-6-15-14(9-13)7-8-16-15/h5-6,9,12,16H,2-4,7-8,10-11H2,1H3. The van der Waals surface area contributed by atoms with Crippen LogP contribution in [0.2, 0.25) is 0 Å². The molecule has 1 saturated carbocycles. The van der Waals surface area contributed by atoms with Crippen molar-refractivity contribution in [1.29, 1.82) is 0 Å². The van der Waals surface area contributed by atoms with Crippen LogP contribution in [0.3, 0.4) is 0 Å². The number of benzene rings is 1.